The number of amides is 2. The molecule has 2 amide bonds. The predicted molar refractivity (Wildman–Crippen MR) is 126 cm³/mol. The van der Waals surface area contributed by atoms with Crippen molar-refractivity contribution in [2.75, 3.05) is 0 Å². The van der Waals surface area contributed by atoms with E-state index in [4.69, 9.17) is 11.6 Å². The Labute approximate surface area is 194 Å². The Morgan fingerprint density at radius 3 is 2.32 bits per heavy atom. The summed E-state index contributed by atoms with van der Waals surface area (Å²) >= 11 is 7.13. The zero-order chi connectivity index (χ0) is 21.1. The molecule has 1 aromatic carbocycles. The molecule has 2 aromatic heterocycles. The topological polar surface area (TPSA) is 93.1 Å². The molecule has 0 aliphatic heterocycles. The Bertz CT molecular complexity index is 1130. The zero-order valence-corrected chi connectivity index (χ0v) is 18.9. The molecular weight excluding hydrogens is 456 g/mol. The van der Waals surface area contributed by atoms with Crippen LogP contribution in [0, 0.1) is 0 Å². The van der Waals surface area contributed by atoms with Crippen LogP contribution < -0.4 is 16.2 Å². The van der Waals surface area contributed by atoms with E-state index in [1.807, 2.05) is 0 Å². The molecule has 2 N–H and O–H groups in total. The van der Waals surface area contributed by atoms with E-state index in [1.54, 1.807) is 42.6 Å². The average Bonchev–Trinajstić information content (AvgIpc) is 3.37. The third kappa shape index (κ3) is 5.36. The van der Waals surface area contributed by atoms with E-state index < -0.39 is 0 Å². The van der Waals surface area contributed by atoms with Crippen LogP contribution in [0.3, 0.4) is 0 Å². The highest BCUT2D eigenvalue weighted by Crippen LogP contribution is 2.24. The second-order valence-corrected chi connectivity index (χ2v) is 8.74. The van der Waals surface area contributed by atoms with Gasteiger partial charge in [0.25, 0.3) is 17.4 Å². The molecule has 162 valence electrons. The summed E-state index contributed by atoms with van der Waals surface area (Å²) < 4.78 is 2.02. The second kappa shape index (κ2) is 10.1. The van der Waals surface area contributed by atoms with Crippen LogP contribution in [0.15, 0.2) is 59.8 Å². The van der Waals surface area contributed by atoms with Gasteiger partial charge in [-0.1, -0.05) is 11.6 Å². The summed E-state index contributed by atoms with van der Waals surface area (Å²) in [6.45, 7) is 0. The third-order valence-electron chi connectivity index (χ3n) is 5.08. The van der Waals surface area contributed by atoms with Gasteiger partial charge in [0.05, 0.1) is 15.4 Å². The number of hydrogen-bond donors (Lipinski definition) is 2. The number of aromatic nitrogens is 2. The minimum Gasteiger partial charge on any atom is -0.347 e. The zero-order valence-electron chi connectivity index (χ0n) is 16.4. The van der Waals surface area contributed by atoms with Crippen LogP contribution in [-0.4, -0.2) is 33.4 Å². The first-order valence-corrected chi connectivity index (χ1v) is 10.7. The third-order valence-corrected chi connectivity index (χ3v) is 6.31. The van der Waals surface area contributed by atoms with Gasteiger partial charge in [-0.3, -0.25) is 23.9 Å². The number of hydrogen-bond acceptors (Lipinski definition) is 5. The molecule has 1 aliphatic carbocycles. The molecule has 0 saturated heterocycles. The molecule has 2 atom stereocenters. The molecule has 2 heterocycles. The fourth-order valence-corrected chi connectivity index (χ4v) is 4.51. The molecule has 0 radical (unpaired) electrons. The number of carbonyl (C=O) groups excluding carboxylic acids is 2. The van der Waals surface area contributed by atoms with Crippen LogP contribution in [0.2, 0.25) is 4.34 Å². The number of thiophene rings is 1. The normalized spacial score (nSPS) is 17.6. The van der Waals surface area contributed by atoms with E-state index in [-0.39, 0.29) is 43.0 Å². The molecular formula is C21H21ClN4O3S2. The van der Waals surface area contributed by atoms with Gasteiger partial charge < -0.3 is 10.6 Å². The number of carbonyl (C=O) groups is 2. The largest absolute Gasteiger partial charge is 0.347 e. The molecule has 0 bridgehead atoms. The number of nitrogens with zero attached hydrogens (tertiary/aromatic N) is 2. The fourth-order valence-electron chi connectivity index (χ4n) is 3.57. The van der Waals surface area contributed by atoms with Crippen LogP contribution in [-0.2, 0) is 0 Å². The first-order valence-electron chi connectivity index (χ1n) is 9.51. The maximum absolute atomic E-state index is 12.7. The van der Waals surface area contributed by atoms with Crippen molar-refractivity contribution in [1.82, 2.24) is 20.2 Å². The predicted octanol–water partition coefficient (Wildman–Crippen LogP) is 3.14. The number of nitrogens with one attached hydrogen (secondary N) is 2. The Hall–Kier alpha value is -2.62. The Morgan fingerprint density at radius 2 is 1.71 bits per heavy atom. The summed E-state index contributed by atoms with van der Waals surface area (Å²) in [6, 6.07) is 9.90. The lowest BCUT2D eigenvalue weighted by Gasteiger charge is -2.22. The van der Waals surface area contributed by atoms with Gasteiger partial charge in [0.1, 0.15) is 0 Å². The van der Waals surface area contributed by atoms with Crippen molar-refractivity contribution in [3.63, 3.8) is 0 Å². The van der Waals surface area contributed by atoms with Crippen molar-refractivity contribution in [3.05, 3.63) is 80.1 Å². The number of rotatable bonds is 5. The van der Waals surface area contributed by atoms with Crippen molar-refractivity contribution < 1.29 is 9.59 Å². The van der Waals surface area contributed by atoms with Crippen LogP contribution in [0.5, 0.6) is 0 Å². The van der Waals surface area contributed by atoms with Gasteiger partial charge in [-0.15, -0.1) is 11.3 Å². The molecule has 0 unspecified atom stereocenters. The van der Waals surface area contributed by atoms with Gasteiger partial charge >= 0.3 is 0 Å². The maximum Gasteiger partial charge on any atom is 0.273 e. The molecule has 0 spiro atoms. The quantitative estimate of drug-likeness (QED) is 0.591. The lowest BCUT2D eigenvalue weighted by Crippen LogP contribution is -2.48. The van der Waals surface area contributed by atoms with Gasteiger partial charge in [-0.2, -0.15) is 13.5 Å². The minimum atomic E-state index is -0.244. The van der Waals surface area contributed by atoms with Gasteiger partial charge in [0.15, 0.2) is 0 Å². The lowest BCUT2D eigenvalue weighted by molar-refractivity contribution is 0.0894. The van der Waals surface area contributed by atoms with Gasteiger partial charge in [0.2, 0.25) is 0 Å². The molecule has 1 aliphatic rings. The van der Waals surface area contributed by atoms with Gasteiger partial charge in [-0.05, 0) is 55.7 Å². The first-order chi connectivity index (χ1) is 14.5. The van der Waals surface area contributed by atoms with E-state index in [1.165, 1.54) is 28.3 Å². The Morgan fingerprint density at radius 1 is 1.03 bits per heavy atom. The van der Waals surface area contributed by atoms with E-state index in [9.17, 15) is 14.4 Å². The summed E-state index contributed by atoms with van der Waals surface area (Å²) in [4.78, 5) is 41.3. The maximum atomic E-state index is 12.7. The van der Waals surface area contributed by atoms with Crippen molar-refractivity contribution in [2.24, 2.45) is 0 Å². The summed E-state index contributed by atoms with van der Waals surface area (Å²) in [7, 11) is 0. The van der Waals surface area contributed by atoms with E-state index in [0.717, 1.165) is 19.3 Å². The molecule has 7 nitrogen and oxygen atoms in total. The first kappa shape index (κ1) is 23.1. The average molecular weight is 477 g/mol. The molecule has 31 heavy (non-hydrogen) atoms. The van der Waals surface area contributed by atoms with Crippen LogP contribution in [0.25, 0.3) is 5.69 Å². The van der Waals surface area contributed by atoms with Crippen LogP contribution >= 0.6 is 36.4 Å². The Kier molecular flexibility index (Phi) is 7.53. The van der Waals surface area contributed by atoms with Crippen molar-refractivity contribution in [2.45, 2.75) is 31.3 Å². The summed E-state index contributed by atoms with van der Waals surface area (Å²) in [5.74, 6) is -0.390. The Balaban J connectivity index is 0.00000272. The molecule has 10 heteroatoms. The second-order valence-electron chi connectivity index (χ2n) is 7.03. The summed E-state index contributed by atoms with van der Waals surface area (Å²) in [6.07, 6.45) is 6.86. The monoisotopic (exact) mass is 476 g/mol. The van der Waals surface area contributed by atoms with E-state index in [2.05, 4.69) is 15.6 Å². The minimum absolute atomic E-state index is 0. The van der Waals surface area contributed by atoms with E-state index >= 15 is 0 Å². The summed E-state index contributed by atoms with van der Waals surface area (Å²) in [5.41, 5.74) is 0.897. The van der Waals surface area contributed by atoms with Crippen LogP contribution in [0.1, 0.15) is 39.3 Å². The highest BCUT2D eigenvalue weighted by atomic mass is 35.5. The SMILES string of the molecule is O=C(N[C@H]1CCC[C@H]1NC(=O)c1ccc(Cl)s1)c1ccc(-n2ccncc2=O)cc1.S. The number of halogens is 1. The highest BCUT2D eigenvalue weighted by molar-refractivity contribution is 7.59. The number of benzene rings is 1. The fraction of sp³-hybridized carbons (Fsp3) is 0.238. The van der Waals surface area contributed by atoms with Gasteiger partial charge in [0, 0.05) is 35.7 Å². The molecule has 4 rings (SSSR count). The molecule has 1 saturated carbocycles. The smallest absolute Gasteiger partial charge is 0.273 e. The van der Waals surface area contributed by atoms with E-state index in [0.29, 0.717) is 20.5 Å². The summed E-state index contributed by atoms with van der Waals surface area (Å²) in [5, 5.41) is 6.03. The molecule has 1 fully saturated rings. The van der Waals surface area contributed by atoms with Crippen LogP contribution in [0.4, 0.5) is 0 Å². The lowest BCUT2D eigenvalue weighted by atomic mass is 10.1. The van der Waals surface area contributed by atoms with Crippen molar-refractivity contribution >= 4 is 48.2 Å². The van der Waals surface area contributed by atoms with Crippen molar-refractivity contribution in [3.8, 4) is 5.69 Å². The highest BCUT2D eigenvalue weighted by Gasteiger charge is 2.30. The van der Waals surface area contributed by atoms with Gasteiger partial charge in [-0.25, -0.2) is 0 Å². The standard InChI is InChI=1S/C21H19ClN4O3S.H2S/c22-18-9-8-17(30-18)21(29)25-16-3-1-2-15(16)24-20(28)13-4-6-14(7-5-13)26-11-10-23-12-19(26)27;/h4-12,15-16H,1-3H2,(H,24,28)(H,25,29);1H2/t15-,16+;/m0./s1. The van der Waals surface area contributed by atoms with Crippen molar-refractivity contribution in [1.29, 1.82) is 0 Å². The molecule has 3 aromatic rings.